The van der Waals surface area contributed by atoms with Gasteiger partial charge in [-0.05, 0) is 50.2 Å². The molecule has 0 radical (unpaired) electrons. The Morgan fingerprint density at radius 1 is 1.14 bits per heavy atom. The average molecular weight is 409 g/mol. The van der Waals surface area contributed by atoms with Crippen LogP contribution in [-0.2, 0) is 20.7 Å². The van der Waals surface area contributed by atoms with Crippen molar-refractivity contribution in [2.24, 2.45) is 0 Å². The number of aromatic nitrogens is 2. The molecule has 0 spiro atoms. The van der Waals surface area contributed by atoms with Crippen molar-refractivity contribution in [3.8, 4) is 10.7 Å². The maximum atomic E-state index is 12.2. The van der Waals surface area contributed by atoms with Crippen LogP contribution in [0.1, 0.15) is 29.9 Å². The van der Waals surface area contributed by atoms with Crippen molar-refractivity contribution in [2.45, 2.75) is 26.4 Å². The van der Waals surface area contributed by atoms with Gasteiger partial charge in [0.25, 0.3) is 5.91 Å². The highest BCUT2D eigenvalue weighted by atomic mass is 32.1. The van der Waals surface area contributed by atoms with E-state index in [-0.39, 0.29) is 12.2 Å². The van der Waals surface area contributed by atoms with Crippen LogP contribution in [-0.4, -0.2) is 33.7 Å². The molecule has 29 heavy (non-hydrogen) atoms. The molecule has 3 rings (SSSR count). The third kappa shape index (κ3) is 5.55. The molecular weight excluding hydrogens is 390 g/mol. The number of nitrogens with zero attached hydrogens (tertiary/aromatic N) is 2. The Balaban J connectivity index is 1.53. The van der Waals surface area contributed by atoms with Gasteiger partial charge < -0.3 is 10.1 Å². The van der Waals surface area contributed by atoms with Crippen LogP contribution in [0.25, 0.3) is 10.7 Å². The lowest BCUT2D eigenvalue weighted by atomic mass is 10.1. The molecule has 0 saturated heterocycles. The first-order valence-electron chi connectivity index (χ1n) is 8.89. The van der Waals surface area contributed by atoms with Gasteiger partial charge >= 0.3 is 5.97 Å². The minimum atomic E-state index is -0.969. The van der Waals surface area contributed by atoms with Gasteiger partial charge in [-0.1, -0.05) is 6.07 Å². The fourth-order valence-corrected chi connectivity index (χ4v) is 3.26. The standard InChI is InChI=1S/C21H19N3O4S/c1-13(25)15-6-8-16(9-7-15)23-20(27)14(2)28-19(26)11-17-12-29-21(24-17)18-5-3-4-10-22-18/h3-10,12,14H,11H2,1-2H3,(H,23,27)/t14-/m0/s1. The van der Waals surface area contributed by atoms with E-state index in [0.717, 1.165) is 5.69 Å². The molecule has 1 amide bonds. The summed E-state index contributed by atoms with van der Waals surface area (Å²) in [6, 6.07) is 12.0. The van der Waals surface area contributed by atoms with E-state index >= 15 is 0 Å². The summed E-state index contributed by atoms with van der Waals surface area (Å²) < 4.78 is 5.21. The largest absolute Gasteiger partial charge is 0.452 e. The first-order valence-corrected chi connectivity index (χ1v) is 9.77. The monoisotopic (exact) mass is 409 g/mol. The van der Waals surface area contributed by atoms with E-state index in [4.69, 9.17) is 4.74 Å². The Bertz CT molecular complexity index is 1020. The number of ether oxygens (including phenoxy) is 1. The highest BCUT2D eigenvalue weighted by Crippen LogP contribution is 2.21. The van der Waals surface area contributed by atoms with Crippen molar-refractivity contribution in [1.82, 2.24) is 9.97 Å². The van der Waals surface area contributed by atoms with Gasteiger partial charge in [-0.15, -0.1) is 11.3 Å². The molecule has 1 atom stereocenters. The number of pyridine rings is 1. The summed E-state index contributed by atoms with van der Waals surface area (Å²) in [5.74, 6) is -1.06. The molecule has 148 valence electrons. The number of nitrogens with one attached hydrogen (secondary N) is 1. The number of amides is 1. The van der Waals surface area contributed by atoms with Crippen molar-refractivity contribution in [1.29, 1.82) is 0 Å². The Hall–Kier alpha value is -3.39. The summed E-state index contributed by atoms with van der Waals surface area (Å²) in [4.78, 5) is 44.3. The van der Waals surface area contributed by atoms with E-state index in [2.05, 4.69) is 15.3 Å². The van der Waals surface area contributed by atoms with Crippen LogP contribution >= 0.6 is 11.3 Å². The average Bonchev–Trinajstić information content (AvgIpc) is 3.17. The summed E-state index contributed by atoms with van der Waals surface area (Å²) in [6.45, 7) is 2.97. The summed E-state index contributed by atoms with van der Waals surface area (Å²) in [5.41, 5.74) is 2.37. The van der Waals surface area contributed by atoms with E-state index in [1.807, 2.05) is 18.2 Å². The van der Waals surface area contributed by atoms with E-state index in [9.17, 15) is 14.4 Å². The summed E-state index contributed by atoms with van der Waals surface area (Å²) in [6.07, 6.45) is 0.677. The predicted molar refractivity (Wildman–Crippen MR) is 110 cm³/mol. The molecule has 0 aliphatic rings. The first-order chi connectivity index (χ1) is 13.9. The van der Waals surface area contributed by atoms with Gasteiger partial charge in [0.15, 0.2) is 11.9 Å². The molecule has 7 nitrogen and oxygen atoms in total. The second-order valence-electron chi connectivity index (χ2n) is 6.29. The number of rotatable bonds is 7. The summed E-state index contributed by atoms with van der Waals surface area (Å²) >= 11 is 1.39. The third-order valence-electron chi connectivity index (χ3n) is 4.00. The zero-order valence-corrected chi connectivity index (χ0v) is 16.7. The molecule has 0 aliphatic carbocycles. The molecule has 1 N–H and O–H groups in total. The maximum Gasteiger partial charge on any atom is 0.312 e. The number of Topliss-reactive ketones (excluding diaryl/α,β-unsaturated/α-hetero) is 1. The number of ketones is 1. The number of thiazole rings is 1. The summed E-state index contributed by atoms with van der Waals surface area (Å²) in [5, 5.41) is 5.14. The first kappa shape index (κ1) is 20.3. The van der Waals surface area contributed by atoms with Crippen molar-refractivity contribution >= 4 is 34.7 Å². The normalized spacial score (nSPS) is 11.5. The van der Waals surface area contributed by atoms with Crippen LogP contribution in [0.2, 0.25) is 0 Å². The minimum absolute atomic E-state index is 0.0335. The van der Waals surface area contributed by atoms with Gasteiger partial charge in [0, 0.05) is 22.8 Å². The van der Waals surface area contributed by atoms with Crippen molar-refractivity contribution in [3.05, 3.63) is 65.3 Å². The molecule has 0 unspecified atom stereocenters. The van der Waals surface area contributed by atoms with Crippen LogP contribution in [0, 0.1) is 0 Å². The Morgan fingerprint density at radius 3 is 2.55 bits per heavy atom. The topological polar surface area (TPSA) is 98.2 Å². The van der Waals surface area contributed by atoms with Gasteiger partial charge in [-0.3, -0.25) is 19.4 Å². The number of carbonyl (C=O) groups is 3. The zero-order chi connectivity index (χ0) is 20.8. The predicted octanol–water partition coefficient (Wildman–Crippen LogP) is 3.52. The maximum absolute atomic E-state index is 12.2. The molecule has 8 heteroatoms. The third-order valence-corrected chi connectivity index (χ3v) is 4.91. The highest BCUT2D eigenvalue weighted by Gasteiger charge is 2.19. The van der Waals surface area contributed by atoms with Crippen LogP contribution < -0.4 is 5.32 Å². The molecule has 0 fully saturated rings. The molecule has 0 bridgehead atoms. The lowest BCUT2D eigenvalue weighted by Gasteiger charge is -2.13. The Morgan fingerprint density at radius 2 is 1.90 bits per heavy atom. The molecule has 3 aromatic rings. The van der Waals surface area contributed by atoms with Crippen molar-refractivity contribution in [3.63, 3.8) is 0 Å². The molecule has 2 aromatic heterocycles. The smallest absolute Gasteiger partial charge is 0.312 e. The molecule has 1 aromatic carbocycles. The van der Waals surface area contributed by atoms with E-state index < -0.39 is 18.0 Å². The summed E-state index contributed by atoms with van der Waals surface area (Å²) in [7, 11) is 0. The molecular formula is C21H19N3O4S. The SMILES string of the molecule is CC(=O)c1ccc(NC(=O)[C@H](C)OC(=O)Cc2csc(-c3ccccn3)n2)cc1. The highest BCUT2D eigenvalue weighted by molar-refractivity contribution is 7.13. The lowest BCUT2D eigenvalue weighted by Crippen LogP contribution is -2.30. The van der Waals surface area contributed by atoms with E-state index in [0.29, 0.717) is 22.0 Å². The number of hydrogen-bond donors (Lipinski definition) is 1. The van der Waals surface area contributed by atoms with Crippen molar-refractivity contribution in [2.75, 3.05) is 5.32 Å². The van der Waals surface area contributed by atoms with Crippen LogP contribution in [0.15, 0.2) is 54.0 Å². The number of anilines is 1. The number of esters is 1. The van der Waals surface area contributed by atoms with Gasteiger partial charge in [-0.25, -0.2) is 4.98 Å². The van der Waals surface area contributed by atoms with Gasteiger partial charge in [0.1, 0.15) is 5.01 Å². The molecule has 2 heterocycles. The fourth-order valence-electron chi connectivity index (χ4n) is 2.47. The molecule has 0 saturated carbocycles. The van der Waals surface area contributed by atoms with Gasteiger partial charge in [-0.2, -0.15) is 0 Å². The fraction of sp³-hybridized carbons (Fsp3) is 0.190. The van der Waals surface area contributed by atoms with E-state index in [1.54, 1.807) is 35.8 Å². The van der Waals surface area contributed by atoms with Crippen LogP contribution in [0.4, 0.5) is 5.69 Å². The quantitative estimate of drug-likeness (QED) is 0.474. The van der Waals surface area contributed by atoms with Gasteiger partial charge in [0.2, 0.25) is 0 Å². The number of hydrogen-bond acceptors (Lipinski definition) is 7. The second kappa shape index (κ2) is 9.20. The molecule has 0 aliphatic heterocycles. The van der Waals surface area contributed by atoms with Gasteiger partial charge in [0.05, 0.1) is 17.8 Å². The van der Waals surface area contributed by atoms with Crippen LogP contribution in [0.5, 0.6) is 0 Å². The lowest BCUT2D eigenvalue weighted by molar-refractivity contribution is -0.152. The Labute approximate surface area is 171 Å². The van der Waals surface area contributed by atoms with Crippen molar-refractivity contribution < 1.29 is 19.1 Å². The number of carbonyl (C=O) groups excluding carboxylic acids is 3. The zero-order valence-electron chi connectivity index (χ0n) is 15.9. The minimum Gasteiger partial charge on any atom is -0.452 e. The van der Waals surface area contributed by atoms with E-state index in [1.165, 1.54) is 25.2 Å². The van der Waals surface area contributed by atoms with Crippen LogP contribution in [0.3, 0.4) is 0 Å². The number of benzene rings is 1. The Kier molecular flexibility index (Phi) is 6.46. The second-order valence-corrected chi connectivity index (χ2v) is 7.15.